The second-order valence-electron chi connectivity index (χ2n) is 10.1. The van der Waals surface area contributed by atoms with Crippen LogP contribution in [0.3, 0.4) is 0 Å². The normalized spacial score (nSPS) is 19.8. The van der Waals surface area contributed by atoms with E-state index in [9.17, 15) is 19.4 Å². The van der Waals surface area contributed by atoms with Gasteiger partial charge in [0.15, 0.2) is 17.2 Å². The largest absolute Gasteiger partial charge is 0.493 e. The van der Waals surface area contributed by atoms with Crippen molar-refractivity contribution in [1.29, 1.82) is 0 Å². The lowest BCUT2D eigenvalue weighted by Crippen LogP contribution is -2.39. The standard InChI is InChI=1S/C28H28ClFN2O6/c1-27(34,13-31-26(33)16-5-9-21(22(11-16)36-3)38-17-6-7-17)23-12-18-25(37-14-28(18,2)35)24(32-23)15-4-8-20(30)19(29)10-15/h4-5,8-12,17,34-35H,6-7,13-14H2,1-3H3,(H,31,33). The van der Waals surface area contributed by atoms with Gasteiger partial charge in [0.2, 0.25) is 0 Å². The fourth-order valence-electron chi connectivity index (χ4n) is 4.20. The molecule has 0 radical (unpaired) electrons. The predicted molar refractivity (Wildman–Crippen MR) is 138 cm³/mol. The van der Waals surface area contributed by atoms with Crippen molar-refractivity contribution in [3.8, 4) is 28.5 Å². The van der Waals surface area contributed by atoms with E-state index in [4.69, 9.17) is 25.8 Å². The summed E-state index contributed by atoms with van der Waals surface area (Å²) in [5, 5.41) is 24.9. The van der Waals surface area contributed by atoms with Crippen molar-refractivity contribution in [2.24, 2.45) is 0 Å². The lowest BCUT2D eigenvalue weighted by molar-refractivity contribution is 0.0337. The number of aromatic nitrogens is 1. The van der Waals surface area contributed by atoms with E-state index >= 15 is 0 Å². The summed E-state index contributed by atoms with van der Waals surface area (Å²) in [6.07, 6.45) is 2.17. The zero-order chi connectivity index (χ0) is 27.2. The van der Waals surface area contributed by atoms with Gasteiger partial charge in [0.25, 0.3) is 5.91 Å². The third-order valence-electron chi connectivity index (χ3n) is 6.63. The molecule has 0 bridgehead atoms. The summed E-state index contributed by atoms with van der Waals surface area (Å²) in [5.41, 5.74) is -1.30. The highest BCUT2D eigenvalue weighted by atomic mass is 35.5. The van der Waals surface area contributed by atoms with Crippen molar-refractivity contribution in [2.45, 2.75) is 44.0 Å². The first-order valence-electron chi connectivity index (χ1n) is 12.2. The fraction of sp³-hybridized carbons (Fsp3) is 0.357. The van der Waals surface area contributed by atoms with Gasteiger partial charge in [0.05, 0.1) is 30.5 Å². The van der Waals surface area contributed by atoms with Gasteiger partial charge in [-0.15, -0.1) is 0 Å². The van der Waals surface area contributed by atoms with Crippen LogP contribution < -0.4 is 19.5 Å². The maximum Gasteiger partial charge on any atom is 0.251 e. The number of ether oxygens (including phenoxy) is 3. The molecule has 1 aromatic heterocycles. The van der Waals surface area contributed by atoms with Crippen LogP contribution in [0, 0.1) is 5.82 Å². The Kier molecular flexibility index (Phi) is 6.71. The minimum atomic E-state index is -1.64. The highest BCUT2D eigenvalue weighted by Crippen LogP contribution is 2.44. The average Bonchev–Trinajstić information content (AvgIpc) is 3.65. The van der Waals surface area contributed by atoms with Crippen molar-refractivity contribution in [3.05, 3.63) is 70.1 Å². The van der Waals surface area contributed by atoms with E-state index in [-0.39, 0.29) is 30.0 Å². The van der Waals surface area contributed by atoms with Crippen molar-refractivity contribution in [3.63, 3.8) is 0 Å². The predicted octanol–water partition coefficient (Wildman–Crippen LogP) is 4.33. The molecule has 1 aliphatic carbocycles. The van der Waals surface area contributed by atoms with Crippen LogP contribution in [0.1, 0.15) is 48.3 Å². The minimum Gasteiger partial charge on any atom is -0.493 e. The minimum absolute atomic E-state index is 0.0173. The number of fused-ring (bicyclic) bond motifs is 1. The van der Waals surface area contributed by atoms with Crippen molar-refractivity contribution in [1.82, 2.24) is 10.3 Å². The second kappa shape index (κ2) is 9.72. The van der Waals surface area contributed by atoms with Crippen molar-refractivity contribution in [2.75, 3.05) is 20.3 Å². The van der Waals surface area contributed by atoms with Crippen molar-refractivity contribution >= 4 is 17.5 Å². The van der Waals surface area contributed by atoms with E-state index in [1.165, 1.54) is 32.2 Å². The van der Waals surface area contributed by atoms with Gasteiger partial charge in [0, 0.05) is 16.7 Å². The fourth-order valence-corrected chi connectivity index (χ4v) is 4.38. The van der Waals surface area contributed by atoms with E-state index in [1.807, 2.05) is 0 Å². The smallest absolute Gasteiger partial charge is 0.251 e. The number of hydrogen-bond acceptors (Lipinski definition) is 7. The molecular weight excluding hydrogens is 515 g/mol. The zero-order valence-corrected chi connectivity index (χ0v) is 21.9. The van der Waals surface area contributed by atoms with Gasteiger partial charge in [-0.05, 0) is 69.2 Å². The molecule has 2 unspecified atom stereocenters. The van der Waals surface area contributed by atoms with Crippen LogP contribution >= 0.6 is 11.6 Å². The Labute approximate surface area is 224 Å². The van der Waals surface area contributed by atoms with Crippen LogP contribution in [0.2, 0.25) is 5.02 Å². The number of hydrogen-bond donors (Lipinski definition) is 3. The lowest BCUT2D eigenvalue weighted by atomic mass is 9.92. The quantitative estimate of drug-likeness (QED) is 0.388. The number of aliphatic hydroxyl groups is 2. The summed E-state index contributed by atoms with van der Waals surface area (Å²) < 4.78 is 30.7. The van der Waals surface area contributed by atoms with Crippen molar-refractivity contribution < 1.29 is 33.6 Å². The van der Waals surface area contributed by atoms with E-state index < -0.39 is 22.9 Å². The number of benzene rings is 2. The van der Waals surface area contributed by atoms with Gasteiger partial charge < -0.3 is 29.7 Å². The number of carbonyl (C=O) groups excluding carboxylic acids is 1. The van der Waals surface area contributed by atoms with Crippen LogP contribution in [0.4, 0.5) is 4.39 Å². The first kappa shape index (κ1) is 26.2. The maximum atomic E-state index is 13.8. The van der Waals surface area contributed by atoms with Gasteiger partial charge >= 0.3 is 0 Å². The maximum absolute atomic E-state index is 13.8. The number of methoxy groups -OCH3 is 1. The molecule has 0 spiro atoms. The molecule has 2 aliphatic rings. The van der Waals surface area contributed by atoms with Gasteiger partial charge in [-0.25, -0.2) is 9.37 Å². The molecule has 1 aliphatic heterocycles. The summed E-state index contributed by atoms with van der Waals surface area (Å²) in [6, 6.07) is 10.6. The van der Waals surface area contributed by atoms with Gasteiger partial charge in [0.1, 0.15) is 29.3 Å². The Bertz CT molecular complexity index is 1410. The summed E-state index contributed by atoms with van der Waals surface area (Å²) in [7, 11) is 1.51. The molecule has 200 valence electrons. The molecular formula is C28H28ClFN2O6. The lowest BCUT2D eigenvalue weighted by Gasteiger charge is -2.26. The molecule has 2 aromatic carbocycles. The van der Waals surface area contributed by atoms with E-state index in [1.54, 1.807) is 31.2 Å². The zero-order valence-electron chi connectivity index (χ0n) is 21.2. The summed E-state index contributed by atoms with van der Waals surface area (Å²) in [6.45, 7) is 2.88. The highest BCUT2D eigenvalue weighted by molar-refractivity contribution is 6.31. The second-order valence-corrected chi connectivity index (χ2v) is 10.5. The summed E-state index contributed by atoms with van der Waals surface area (Å²) in [4.78, 5) is 17.5. The molecule has 0 saturated heterocycles. The third-order valence-corrected chi connectivity index (χ3v) is 6.92. The van der Waals surface area contributed by atoms with E-state index in [0.717, 1.165) is 12.8 Å². The Morgan fingerprint density at radius 2 is 2.03 bits per heavy atom. The molecule has 2 heterocycles. The third kappa shape index (κ3) is 5.14. The number of nitrogens with zero attached hydrogens (tertiary/aromatic N) is 1. The Morgan fingerprint density at radius 3 is 2.71 bits per heavy atom. The van der Waals surface area contributed by atoms with Crippen LogP contribution in [0.15, 0.2) is 42.5 Å². The number of halogens is 2. The Hall–Kier alpha value is -3.40. The van der Waals surface area contributed by atoms with Crippen LogP contribution in [-0.4, -0.2) is 47.5 Å². The molecule has 38 heavy (non-hydrogen) atoms. The number of rotatable bonds is 8. The van der Waals surface area contributed by atoms with Crippen LogP contribution in [-0.2, 0) is 11.2 Å². The molecule has 3 aromatic rings. The number of carbonyl (C=O) groups is 1. The molecule has 2 atom stereocenters. The topological polar surface area (TPSA) is 110 Å². The molecule has 5 rings (SSSR count). The monoisotopic (exact) mass is 542 g/mol. The Morgan fingerprint density at radius 1 is 1.26 bits per heavy atom. The molecule has 1 fully saturated rings. The van der Waals surface area contributed by atoms with Gasteiger partial charge in [-0.2, -0.15) is 0 Å². The number of nitrogens with one attached hydrogen (secondary N) is 1. The summed E-state index contributed by atoms with van der Waals surface area (Å²) >= 11 is 6.00. The first-order valence-corrected chi connectivity index (χ1v) is 12.6. The molecule has 10 heteroatoms. The van der Waals surface area contributed by atoms with Crippen LogP contribution in [0.25, 0.3) is 11.3 Å². The molecule has 3 N–H and O–H groups in total. The highest BCUT2D eigenvalue weighted by Gasteiger charge is 2.39. The van der Waals surface area contributed by atoms with Gasteiger partial charge in [-0.1, -0.05) is 11.6 Å². The Balaban J connectivity index is 1.41. The first-order chi connectivity index (χ1) is 18.0. The van der Waals surface area contributed by atoms with Gasteiger partial charge in [-0.3, -0.25) is 4.79 Å². The average molecular weight is 543 g/mol. The van der Waals surface area contributed by atoms with Crippen LogP contribution in [0.5, 0.6) is 17.2 Å². The van der Waals surface area contributed by atoms with E-state index in [0.29, 0.717) is 39.6 Å². The SMILES string of the molecule is COc1cc(C(=O)NCC(C)(O)c2cc3c(c(-c4ccc(F)c(Cl)c4)n2)OCC3(C)O)ccc1OC1CC1. The summed E-state index contributed by atoms with van der Waals surface area (Å²) in [5.74, 6) is 0.324. The number of amides is 1. The molecule has 8 nitrogen and oxygen atoms in total. The molecule has 1 amide bonds. The molecule has 1 saturated carbocycles. The van der Waals surface area contributed by atoms with E-state index in [2.05, 4.69) is 10.3 Å². The number of pyridine rings is 1.